The molecular formula is C27H29ClN6O. The van der Waals surface area contributed by atoms with Gasteiger partial charge in [0.05, 0.1) is 27.4 Å². The first kappa shape index (κ1) is 23.3. The zero-order valence-corrected chi connectivity index (χ0v) is 21.1. The zero-order chi connectivity index (χ0) is 24.5. The molecule has 4 aromatic rings. The number of nitrogens with zero attached hydrogens (tertiary/aromatic N) is 6. The lowest BCUT2D eigenvalue weighted by Gasteiger charge is -2.24. The molecule has 180 valence electrons. The predicted octanol–water partition coefficient (Wildman–Crippen LogP) is 5.00. The van der Waals surface area contributed by atoms with Crippen LogP contribution in [0.1, 0.15) is 40.8 Å². The lowest BCUT2D eigenvalue weighted by Crippen LogP contribution is -2.35. The van der Waals surface area contributed by atoms with Gasteiger partial charge in [0.1, 0.15) is 11.6 Å². The number of aryl methyl sites for hydroxylation is 3. The smallest absolute Gasteiger partial charge is 0.255 e. The monoisotopic (exact) mass is 488 g/mol. The van der Waals surface area contributed by atoms with Gasteiger partial charge in [0.2, 0.25) is 0 Å². The predicted molar refractivity (Wildman–Crippen MR) is 140 cm³/mol. The summed E-state index contributed by atoms with van der Waals surface area (Å²) in [5, 5.41) is 6.30. The molecule has 2 aromatic carbocycles. The number of anilines is 1. The van der Waals surface area contributed by atoms with E-state index in [0.29, 0.717) is 30.2 Å². The van der Waals surface area contributed by atoms with Crippen LogP contribution in [0, 0.1) is 13.8 Å². The Morgan fingerprint density at radius 3 is 2.49 bits per heavy atom. The van der Waals surface area contributed by atoms with Gasteiger partial charge in [-0.3, -0.25) is 4.79 Å². The van der Waals surface area contributed by atoms with Crippen molar-refractivity contribution in [2.75, 3.05) is 31.1 Å². The lowest BCUT2D eigenvalue weighted by molar-refractivity contribution is 0.0767. The summed E-state index contributed by atoms with van der Waals surface area (Å²) in [7, 11) is 0. The molecule has 0 bridgehead atoms. The molecule has 1 aliphatic rings. The molecule has 1 aliphatic heterocycles. The normalized spacial score (nSPS) is 14.4. The fourth-order valence-corrected chi connectivity index (χ4v) is 4.81. The summed E-state index contributed by atoms with van der Waals surface area (Å²) in [6.07, 6.45) is 1.57. The summed E-state index contributed by atoms with van der Waals surface area (Å²) in [6, 6.07) is 15.5. The van der Waals surface area contributed by atoms with Crippen LogP contribution in [0.15, 0.2) is 48.5 Å². The fraction of sp³-hybridized carbons (Fsp3) is 0.333. The SMILES string of the molecule is CCc1nc(N2CCCN(C(=O)c3ccccc3Cl)CC2)c2c(C)nn(-c3ccc(C)cc3)c2n1. The number of carbonyl (C=O) groups is 1. The van der Waals surface area contributed by atoms with Gasteiger partial charge in [-0.25, -0.2) is 14.6 Å². The van der Waals surface area contributed by atoms with Crippen molar-refractivity contribution in [1.29, 1.82) is 0 Å². The number of benzene rings is 2. The highest BCUT2D eigenvalue weighted by molar-refractivity contribution is 6.33. The van der Waals surface area contributed by atoms with Crippen molar-refractivity contribution in [1.82, 2.24) is 24.6 Å². The van der Waals surface area contributed by atoms with Crippen LogP contribution < -0.4 is 4.90 Å². The van der Waals surface area contributed by atoms with E-state index in [1.54, 1.807) is 12.1 Å². The minimum absolute atomic E-state index is 0.0251. The van der Waals surface area contributed by atoms with Gasteiger partial charge in [-0.1, -0.05) is 48.4 Å². The van der Waals surface area contributed by atoms with E-state index in [0.717, 1.165) is 53.4 Å². The summed E-state index contributed by atoms with van der Waals surface area (Å²) in [4.78, 5) is 27.1. The highest BCUT2D eigenvalue weighted by atomic mass is 35.5. The Balaban J connectivity index is 1.49. The van der Waals surface area contributed by atoms with Gasteiger partial charge in [0, 0.05) is 32.6 Å². The maximum absolute atomic E-state index is 13.2. The molecule has 0 aliphatic carbocycles. The fourth-order valence-electron chi connectivity index (χ4n) is 4.60. The molecule has 0 spiro atoms. The second-order valence-corrected chi connectivity index (χ2v) is 9.37. The number of rotatable bonds is 4. The molecule has 5 rings (SSSR count). The number of halogens is 1. The number of carbonyl (C=O) groups excluding carboxylic acids is 1. The molecule has 1 amide bonds. The Morgan fingerprint density at radius 2 is 1.74 bits per heavy atom. The van der Waals surface area contributed by atoms with E-state index in [1.807, 2.05) is 28.6 Å². The first-order chi connectivity index (χ1) is 17.0. The highest BCUT2D eigenvalue weighted by Gasteiger charge is 2.26. The molecule has 2 aromatic heterocycles. The van der Waals surface area contributed by atoms with Crippen molar-refractivity contribution in [3.8, 4) is 5.69 Å². The molecule has 1 saturated heterocycles. The van der Waals surface area contributed by atoms with E-state index in [2.05, 4.69) is 43.0 Å². The van der Waals surface area contributed by atoms with Gasteiger partial charge in [-0.2, -0.15) is 5.10 Å². The Bertz CT molecular complexity index is 1380. The highest BCUT2D eigenvalue weighted by Crippen LogP contribution is 2.30. The van der Waals surface area contributed by atoms with Crippen LogP contribution in [0.4, 0.5) is 5.82 Å². The first-order valence-electron chi connectivity index (χ1n) is 12.1. The molecule has 0 radical (unpaired) electrons. The van der Waals surface area contributed by atoms with Crippen molar-refractivity contribution in [3.63, 3.8) is 0 Å². The molecule has 1 fully saturated rings. The summed E-state index contributed by atoms with van der Waals surface area (Å²) >= 11 is 6.30. The maximum atomic E-state index is 13.2. The third-order valence-electron chi connectivity index (χ3n) is 6.51. The van der Waals surface area contributed by atoms with Gasteiger partial charge in [-0.05, 0) is 44.5 Å². The molecule has 0 saturated carbocycles. The summed E-state index contributed by atoms with van der Waals surface area (Å²) in [6.45, 7) is 8.91. The molecule has 35 heavy (non-hydrogen) atoms. The van der Waals surface area contributed by atoms with Crippen LogP contribution in [0.3, 0.4) is 0 Å². The number of hydrogen-bond donors (Lipinski definition) is 0. The van der Waals surface area contributed by atoms with Gasteiger partial charge >= 0.3 is 0 Å². The van der Waals surface area contributed by atoms with Gasteiger partial charge in [0.15, 0.2) is 5.65 Å². The van der Waals surface area contributed by atoms with E-state index in [9.17, 15) is 4.79 Å². The largest absolute Gasteiger partial charge is 0.354 e. The lowest BCUT2D eigenvalue weighted by atomic mass is 10.2. The topological polar surface area (TPSA) is 67.2 Å². The van der Waals surface area contributed by atoms with E-state index in [-0.39, 0.29) is 5.91 Å². The van der Waals surface area contributed by atoms with Crippen LogP contribution >= 0.6 is 11.6 Å². The molecule has 0 atom stereocenters. The molecule has 8 heteroatoms. The van der Waals surface area contributed by atoms with Crippen molar-refractivity contribution in [2.24, 2.45) is 0 Å². The van der Waals surface area contributed by atoms with Crippen LogP contribution in [0.2, 0.25) is 5.02 Å². The zero-order valence-electron chi connectivity index (χ0n) is 20.3. The van der Waals surface area contributed by atoms with Crippen molar-refractivity contribution < 1.29 is 4.79 Å². The van der Waals surface area contributed by atoms with Crippen LogP contribution in [-0.2, 0) is 6.42 Å². The second kappa shape index (κ2) is 9.66. The molecular weight excluding hydrogens is 460 g/mol. The molecule has 0 N–H and O–H groups in total. The maximum Gasteiger partial charge on any atom is 0.255 e. The van der Waals surface area contributed by atoms with E-state index in [1.165, 1.54) is 5.56 Å². The van der Waals surface area contributed by atoms with E-state index in [4.69, 9.17) is 26.7 Å². The quantitative estimate of drug-likeness (QED) is 0.404. The standard InChI is InChI=1S/C27H29ClN6O/c1-4-23-29-25(24-19(3)31-34(26(24)30-23)20-12-10-18(2)11-13-20)32-14-7-15-33(17-16-32)27(35)21-8-5-6-9-22(21)28/h5-6,8-13H,4,7,14-17H2,1-3H3. The molecule has 7 nitrogen and oxygen atoms in total. The Labute approximate surface area is 210 Å². The Kier molecular flexibility index (Phi) is 6.43. The number of amides is 1. The summed E-state index contributed by atoms with van der Waals surface area (Å²) in [5.41, 5.74) is 4.45. The minimum atomic E-state index is -0.0251. The van der Waals surface area contributed by atoms with Crippen LogP contribution in [-0.4, -0.2) is 56.7 Å². The van der Waals surface area contributed by atoms with E-state index >= 15 is 0 Å². The summed E-state index contributed by atoms with van der Waals surface area (Å²) < 4.78 is 1.92. The Hall–Kier alpha value is -3.45. The van der Waals surface area contributed by atoms with Gasteiger partial charge in [0.25, 0.3) is 5.91 Å². The third kappa shape index (κ3) is 4.48. The van der Waals surface area contributed by atoms with Gasteiger partial charge in [-0.15, -0.1) is 0 Å². The number of aromatic nitrogens is 4. The average molecular weight is 489 g/mol. The molecule has 3 heterocycles. The molecule has 0 unspecified atom stereocenters. The van der Waals surface area contributed by atoms with Crippen LogP contribution in [0.5, 0.6) is 0 Å². The van der Waals surface area contributed by atoms with Gasteiger partial charge < -0.3 is 9.80 Å². The van der Waals surface area contributed by atoms with Crippen molar-refractivity contribution >= 4 is 34.4 Å². The van der Waals surface area contributed by atoms with Crippen molar-refractivity contribution in [2.45, 2.75) is 33.6 Å². The third-order valence-corrected chi connectivity index (χ3v) is 6.84. The van der Waals surface area contributed by atoms with E-state index < -0.39 is 0 Å². The average Bonchev–Trinajstić information content (AvgIpc) is 3.04. The van der Waals surface area contributed by atoms with Crippen LogP contribution in [0.25, 0.3) is 16.7 Å². The number of fused-ring (bicyclic) bond motifs is 1. The number of hydrogen-bond acceptors (Lipinski definition) is 5. The first-order valence-corrected chi connectivity index (χ1v) is 12.5. The summed E-state index contributed by atoms with van der Waals surface area (Å²) in [5.74, 6) is 1.66. The minimum Gasteiger partial charge on any atom is -0.354 e. The van der Waals surface area contributed by atoms with Crippen molar-refractivity contribution in [3.05, 3.63) is 76.2 Å². The Morgan fingerprint density at radius 1 is 0.971 bits per heavy atom. The second-order valence-electron chi connectivity index (χ2n) is 8.96.